The van der Waals surface area contributed by atoms with Crippen LogP contribution in [0.4, 0.5) is 0 Å². The van der Waals surface area contributed by atoms with E-state index < -0.39 is 0 Å². The number of amides is 1. The van der Waals surface area contributed by atoms with Crippen LogP contribution in [0.2, 0.25) is 0 Å². The third-order valence-corrected chi connectivity index (χ3v) is 3.16. The number of nitrogens with one attached hydrogen (secondary N) is 2. The number of rotatable bonds is 10. The molecule has 1 amide bonds. The van der Waals surface area contributed by atoms with Gasteiger partial charge in [-0.1, -0.05) is 18.2 Å². The van der Waals surface area contributed by atoms with Crippen LogP contribution < -0.4 is 15.4 Å². The molecule has 6 nitrogen and oxygen atoms in total. The number of benzene rings is 1. The molecule has 24 heavy (non-hydrogen) atoms. The summed E-state index contributed by atoms with van der Waals surface area (Å²) >= 11 is 0. The van der Waals surface area contributed by atoms with E-state index in [0.717, 1.165) is 17.9 Å². The third kappa shape index (κ3) is 6.62. The number of halogens is 1. The second-order valence-corrected chi connectivity index (χ2v) is 4.88. The zero-order valence-electron chi connectivity index (χ0n) is 13.6. The highest BCUT2D eigenvalue weighted by Gasteiger charge is 2.15. The van der Waals surface area contributed by atoms with Crippen LogP contribution in [0.1, 0.15) is 16.1 Å². The summed E-state index contributed by atoms with van der Waals surface area (Å²) in [6.07, 6.45) is 1.50. The number of para-hydroxylation sites is 1. The minimum absolute atomic E-state index is 0. The highest BCUT2D eigenvalue weighted by Crippen LogP contribution is 2.15. The average molecular weight is 355 g/mol. The lowest BCUT2D eigenvalue weighted by molar-refractivity contribution is 0.0922. The number of hydrogen-bond acceptors (Lipinski definition) is 5. The van der Waals surface area contributed by atoms with Gasteiger partial charge in [0.05, 0.1) is 12.9 Å². The first-order chi connectivity index (χ1) is 11.3. The van der Waals surface area contributed by atoms with Crippen LogP contribution in [-0.4, -0.2) is 39.3 Å². The Hall–Kier alpha value is -2.02. The maximum Gasteiger partial charge on any atom is 0.287 e. The molecule has 0 aliphatic heterocycles. The van der Waals surface area contributed by atoms with Crippen molar-refractivity contribution in [2.75, 3.05) is 33.4 Å². The monoisotopic (exact) mass is 354 g/mol. The number of hydrogen-bond donors (Lipinski definition) is 2. The van der Waals surface area contributed by atoms with Gasteiger partial charge in [0.2, 0.25) is 0 Å². The van der Waals surface area contributed by atoms with E-state index in [2.05, 4.69) is 10.6 Å². The van der Waals surface area contributed by atoms with Crippen molar-refractivity contribution < 1.29 is 18.7 Å². The topological polar surface area (TPSA) is 72.7 Å². The van der Waals surface area contributed by atoms with E-state index in [4.69, 9.17) is 13.9 Å². The van der Waals surface area contributed by atoms with Gasteiger partial charge in [0.15, 0.2) is 5.76 Å². The summed E-state index contributed by atoms with van der Waals surface area (Å²) in [4.78, 5) is 12.1. The lowest BCUT2D eigenvalue weighted by Crippen LogP contribution is -2.33. The van der Waals surface area contributed by atoms with Crippen LogP contribution >= 0.6 is 12.4 Å². The fourth-order valence-corrected chi connectivity index (χ4v) is 1.97. The molecule has 0 aliphatic rings. The first kappa shape index (κ1) is 20.0. The molecule has 132 valence electrons. The van der Waals surface area contributed by atoms with Crippen molar-refractivity contribution >= 4 is 18.3 Å². The predicted octanol–water partition coefficient (Wildman–Crippen LogP) is 2.25. The molecule has 0 aliphatic carbocycles. The lowest BCUT2D eigenvalue weighted by Gasteiger charge is -2.08. The molecule has 1 aromatic carbocycles. The fraction of sp³-hybridized carbons (Fsp3) is 0.353. The molecule has 2 aromatic rings. The Morgan fingerprint density at radius 1 is 1.12 bits per heavy atom. The third-order valence-electron chi connectivity index (χ3n) is 3.16. The molecule has 1 heterocycles. The molecule has 0 spiro atoms. The zero-order valence-corrected chi connectivity index (χ0v) is 14.4. The van der Waals surface area contributed by atoms with Gasteiger partial charge in [-0.2, -0.15) is 0 Å². The molecule has 2 N–H and O–H groups in total. The molecular formula is C17H23ClN2O4. The van der Waals surface area contributed by atoms with Gasteiger partial charge in [-0.25, -0.2) is 0 Å². The van der Waals surface area contributed by atoms with E-state index in [-0.39, 0.29) is 30.7 Å². The van der Waals surface area contributed by atoms with Crippen LogP contribution in [0.25, 0.3) is 0 Å². The largest absolute Gasteiger partial charge is 0.489 e. The standard InChI is InChI=1S/C17H22N2O4.ClH/c1-21-12-10-18-8-9-19-17(20)16-14(7-11-22-16)13-23-15-5-3-2-4-6-15;/h2-7,11,18H,8-10,12-13H2,1H3,(H,19,20);1H. The molecule has 0 radical (unpaired) electrons. The van der Waals surface area contributed by atoms with Gasteiger partial charge in [0.1, 0.15) is 12.4 Å². The molecule has 0 atom stereocenters. The molecular weight excluding hydrogens is 332 g/mol. The van der Waals surface area contributed by atoms with Crippen molar-refractivity contribution in [1.82, 2.24) is 10.6 Å². The average Bonchev–Trinajstić information content (AvgIpc) is 3.05. The van der Waals surface area contributed by atoms with Crippen molar-refractivity contribution in [3.63, 3.8) is 0 Å². The van der Waals surface area contributed by atoms with Gasteiger partial charge in [0, 0.05) is 32.3 Å². The second-order valence-electron chi connectivity index (χ2n) is 4.88. The van der Waals surface area contributed by atoms with Gasteiger partial charge in [-0.15, -0.1) is 12.4 Å². The summed E-state index contributed by atoms with van der Waals surface area (Å²) in [5.74, 6) is 0.801. The van der Waals surface area contributed by atoms with E-state index in [0.29, 0.717) is 19.7 Å². The number of methoxy groups -OCH3 is 1. The number of carbonyl (C=O) groups excluding carboxylic acids is 1. The molecule has 7 heteroatoms. The Bertz CT molecular complexity index is 589. The Labute approximate surface area is 147 Å². The van der Waals surface area contributed by atoms with E-state index in [1.54, 1.807) is 13.2 Å². The normalized spacial score (nSPS) is 10.0. The minimum atomic E-state index is -0.241. The van der Waals surface area contributed by atoms with Crippen LogP contribution in [0.5, 0.6) is 5.75 Å². The molecule has 1 aromatic heterocycles. The summed E-state index contributed by atoms with van der Waals surface area (Å²) < 4.78 is 15.9. The van der Waals surface area contributed by atoms with Gasteiger partial charge in [0.25, 0.3) is 5.91 Å². The van der Waals surface area contributed by atoms with Crippen LogP contribution in [0.3, 0.4) is 0 Å². The molecule has 0 fully saturated rings. The number of furan rings is 1. The first-order valence-corrected chi connectivity index (χ1v) is 7.53. The smallest absolute Gasteiger partial charge is 0.287 e. The Balaban J connectivity index is 0.00000288. The van der Waals surface area contributed by atoms with Gasteiger partial charge in [-0.3, -0.25) is 4.79 Å². The molecule has 0 bridgehead atoms. The van der Waals surface area contributed by atoms with E-state index in [9.17, 15) is 4.79 Å². The van der Waals surface area contributed by atoms with Crippen molar-refractivity contribution in [3.8, 4) is 5.75 Å². The number of ether oxygens (including phenoxy) is 2. The highest BCUT2D eigenvalue weighted by atomic mass is 35.5. The summed E-state index contributed by atoms with van der Waals surface area (Å²) in [6.45, 7) is 2.87. The van der Waals surface area contributed by atoms with Gasteiger partial charge in [-0.05, 0) is 18.2 Å². The Kier molecular flexibility index (Phi) is 9.60. The fourth-order valence-electron chi connectivity index (χ4n) is 1.97. The summed E-state index contributed by atoms with van der Waals surface area (Å²) in [6, 6.07) is 11.2. The van der Waals surface area contributed by atoms with Crippen LogP contribution in [0.15, 0.2) is 47.1 Å². The molecule has 0 saturated heterocycles. The van der Waals surface area contributed by atoms with Crippen molar-refractivity contribution in [1.29, 1.82) is 0 Å². The van der Waals surface area contributed by atoms with Crippen molar-refractivity contribution in [3.05, 3.63) is 54.0 Å². The SMILES string of the molecule is COCCNCCNC(=O)c1occc1COc1ccccc1.Cl. The van der Waals surface area contributed by atoms with E-state index in [1.807, 2.05) is 30.3 Å². The molecule has 0 unspecified atom stereocenters. The first-order valence-electron chi connectivity index (χ1n) is 7.53. The van der Waals surface area contributed by atoms with Gasteiger partial charge < -0.3 is 24.5 Å². The molecule has 0 saturated carbocycles. The minimum Gasteiger partial charge on any atom is -0.489 e. The summed E-state index contributed by atoms with van der Waals surface area (Å²) in [5, 5.41) is 5.96. The van der Waals surface area contributed by atoms with E-state index in [1.165, 1.54) is 6.26 Å². The van der Waals surface area contributed by atoms with Crippen molar-refractivity contribution in [2.45, 2.75) is 6.61 Å². The predicted molar refractivity (Wildman–Crippen MR) is 93.8 cm³/mol. The summed E-state index contributed by atoms with van der Waals surface area (Å²) in [7, 11) is 1.65. The Morgan fingerprint density at radius 2 is 1.92 bits per heavy atom. The Morgan fingerprint density at radius 3 is 2.67 bits per heavy atom. The molecule has 2 rings (SSSR count). The van der Waals surface area contributed by atoms with Crippen LogP contribution in [0, 0.1) is 0 Å². The summed E-state index contributed by atoms with van der Waals surface area (Å²) in [5.41, 5.74) is 0.721. The second kappa shape index (κ2) is 11.5. The zero-order chi connectivity index (χ0) is 16.3. The maximum absolute atomic E-state index is 12.1. The maximum atomic E-state index is 12.1. The van der Waals surface area contributed by atoms with Gasteiger partial charge >= 0.3 is 0 Å². The lowest BCUT2D eigenvalue weighted by atomic mass is 10.2. The quantitative estimate of drug-likeness (QED) is 0.640. The van der Waals surface area contributed by atoms with Crippen molar-refractivity contribution in [2.24, 2.45) is 0 Å². The van der Waals surface area contributed by atoms with E-state index >= 15 is 0 Å². The number of carbonyl (C=O) groups is 1. The highest BCUT2D eigenvalue weighted by molar-refractivity contribution is 5.92. The van der Waals surface area contributed by atoms with Crippen LogP contribution in [-0.2, 0) is 11.3 Å².